The molecule has 2 amide bonds. The van der Waals surface area contributed by atoms with Gasteiger partial charge in [-0.05, 0) is 6.42 Å². The largest absolute Gasteiger partial charge is 0.324 e. The molecule has 1 aliphatic heterocycles. The van der Waals surface area contributed by atoms with Gasteiger partial charge >= 0.3 is 0 Å². The fourth-order valence-corrected chi connectivity index (χ4v) is 2.81. The highest BCUT2D eigenvalue weighted by Crippen LogP contribution is 2.24. The van der Waals surface area contributed by atoms with Crippen LogP contribution in [-0.4, -0.2) is 32.8 Å². The second-order valence-corrected chi connectivity index (χ2v) is 5.73. The van der Waals surface area contributed by atoms with Crippen molar-refractivity contribution in [1.82, 2.24) is 14.5 Å². The summed E-state index contributed by atoms with van der Waals surface area (Å²) in [4.78, 5) is 29.6. The zero-order chi connectivity index (χ0) is 15.1. The summed E-state index contributed by atoms with van der Waals surface area (Å²) < 4.78 is 1.73. The molecule has 1 saturated heterocycles. The van der Waals surface area contributed by atoms with E-state index in [0.29, 0.717) is 6.54 Å². The minimum atomic E-state index is -0.385. The minimum Gasteiger partial charge on any atom is -0.324 e. The normalized spacial score (nSPS) is 18.7. The third kappa shape index (κ3) is 4.16. The van der Waals surface area contributed by atoms with Gasteiger partial charge in [0.05, 0.1) is 12.7 Å². The third-order valence-electron chi connectivity index (χ3n) is 4.09. The molecule has 2 rings (SSSR count). The van der Waals surface area contributed by atoms with E-state index >= 15 is 0 Å². The maximum atomic E-state index is 12.3. The first-order chi connectivity index (χ1) is 10.2. The van der Waals surface area contributed by atoms with E-state index in [1.807, 2.05) is 0 Å². The van der Waals surface area contributed by atoms with Crippen molar-refractivity contribution in [3.63, 3.8) is 0 Å². The number of hydrogen-bond acceptors (Lipinski definition) is 3. The second-order valence-electron chi connectivity index (χ2n) is 5.73. The number of unbranched alkanes of at least 4 members (excludes halogenated alkanes) is 6. The van der Waals surface area contributed by atoms with Crippen molar-refractivity contribution in [3.05, 3.63) is 18.7 Å². The number of carbonyl (C=O) groups is 2. The summed E-state index contributed by atoms with van der Waals surface area (Å²) in [5, 5.41) is 0. The third-order valence-corrected chi connectivity index (χ3v) is 4.09. The molecule has 0 N–H and O–H groups in total. The number of amides is 2. The van der Waals surface area contributed by atoms with Crippen molar-refractivity contribution < 1.29 is 9.59 Å². The molecule has 0 aliphatic carbocycles. The lowest BCUT2D eigenvalue weighted by atomic mass is 10.1. The number of nitrogens with zero attached hydrogens (tertiary/aromatic N) is 3. The van der Waals surface area contributed by atoms with Gasteiger partial charge in [0, 0.05) is 18.9 Å². The van der Waals surface area contributed by atoms with Crippen LogP contribution < -0.4 is 0 Å². The number of carbonyl (C=O) groups excluding carboxylic acids is 2. The predicted octanol–water partition coefficient (Wildman–Crippen LogP) is 2.93. The van der Waals surface area contributed by atoms with Crippen molar-refractivity contribution in [1.29, 1.82) is 0 Å². The van der Waals surface area contributed by atoms with Crippen LogP contribution in [0.25, 0.3) is 0 Å². The fourth-order valence-electron chi connectivity index (χ4n) is 2.81. The lowest BCUT2D eigenvalue weighted by Crippen LogP contribution is -2.32. The molecule has 116 valence electrons. The SMILES string of the molecule is CCCCCCCCCN1C(=O)CC(n2ccnc2)C1=O. The standard InChI is InChI=1S/C16H25N3O2/c1-2-3-4-5-6-7-8-10-19-15(20)12-14(16(19)21)18-11-9-17-13-18/h9,11,13-14H,2-8,10,12H2,1H3. The van der Waals surface area contributed by atoms with E-state index in [1.165, 1.54) is 37.0 Å². The van der Waals surface area contributed by atoms with Gasteiger partial charge in [0.25, 0.3) is 5.91 Å². The molecule has 0 saturated carbocycles. The molecule has 0 spiro atoms. The smallest absolute Gasteiger partial charge is 0.252 e. The highest BCUT2D eigenvalue weighted by Gasteiger charge is 2.38. The van der Waals surface area contributed by atoms with Crippen LogP contribution in [0.5, 0.6) is 0 Å². The maximum Gasteiger partial charge on any atom is 0.252 e. The van der Waals surface area contributed by atoms with Crippen LogP contribution in [-0.2, 0) is 9.59 Å². The summed E-state index contributed by atoms with van der Waals surface area (Å²) in [7, 11) is 0. The topological polar surface area (TPSA) is 55.2 Å². The predicted molar refractivity (Wildman–Crippen MR) is 80.6 cm³/mol. The highest BCUT2D eigenvalue weighted by molar-refractivity contribution is 6.04. The van der Waals surface area contributed by atoms with Gasteiger partial charge in [-0.25, -0.2) is 4.98 Å². The molecule has 0 aromatic carbocycles. The molecule has 2 heterocycles. The van der Waals surface area contributed by atoms with E-state index in [2.05, 4.69) is 11.9 Å². The molecule has 1 unspecified atom stereocenters. The van der Waals surface area contributed by atoms with Crippen LogP contribution in [0.1, 0.15) is 64.3 Å². The summed E-state index contributed by atoms with van der Waals surface area (Å²) in [5.74, 6) is -0.131. The Balaban J connectivity index is 1.71. The molecule has 5 heteroatoms. The average molecular weight is 291 g/mol. The van der Waals surface area contributed by atoms with Gasteiger partial charge in [0.1, 0.15) is 6.04 Å². The van der Waals surface area contributed by atoms with Crippen molar-refractivity contribution in [2.24, 2.45) is 0 Å². The van der Waals surface area contributed by atoms with E-state index in [4.69, 9.17) is 0 Å². The van der Waals surface area contributed by atoms with Crippen LogP contribution in [0.15, 0.2) is 18.7 Å². The first-order valence-electron chi connectivity index (χ1n) is 8.05. The average Bonchev–Trinajstić information content (AvgIpc) is 3.08. The van der Waals surface area contributed by atoms with Crippen molar-refractivity contribution in [2.45, 2.75) is 64.3 Å². The van der Waals surface area contributed by atoms with E-state index in [1.54, 1.807) is 23.3 Å². The van der Waals surface area contributed by atoms with Crippen molar-refractivity contribution in [3.8, 4) is 0 Å². The molecule has 1 aromatic rings. The van der Waals surface area contributed by atoms with Gasteiger partial charge in [0.15, 0.2) is 0 Å². The van der Waals surface area contributed by atoms with Crippen molar-refractivity contribution in [2.75, 3.05) is 6.54 Å². The number of imidazole rings is 1. The van der Waals surface area contributed by atoms with Crippen LogP contribution in [0, 0.1) is 0 Å². The minimum absolute atomic E-state index is 0.0512. The maximum absolute atomic E-state index is 12.3. The molecule has 1 fully saturated rings. The molecule has 5 nitrogen and oxygen atoms in total. The Morgan fingerprint density at radius 2 is 1.86 bits per heavy atom. The fraction of sp³-hybridized carbons (Fsp3) is 0.688. The number of likely N-dealkylation sites (tertiary alicyclic amines) is 1. The van der Waals surface area contributed by atoms with Gasteiger partial charge in [-0.3, -0.25) is 14.5 Å². The molecular weight excluding hydrogens is 266 g/mol. The Kier molecular flexibility index (Phi) is 5.96. The summed E-state index contributed by atoms with van der Waals surface area (Å²) in [6.07, 6.45) is 13.6. The van der Waals surface area contributed by atoms with E-state index in [0.717, 1.165) is 12.8 Å². The van der Waals surface area contributed by atoms with E-state index in [9.17, 15) is 9.59 Å². The highest BCUT2D eigenvalue weighted by atomic mass is 16.2. The van der Waals surface area contributed by atoms with Gasteiger partial charge in [-0.2, -0.15) is 0 Å². The monoisotopic (exact) mass is 291 g/mol. The quantitative estimate of drug-likeness (QED) is 0.519. The summed E-state index contributed by atoms with van der Waals surface area (Å²) in [6, 6.07) is -0.385. The summed E-state index contributed by atoms with van der Waals surface area (Å²) in [6.45, 7) is 2.78. The van der Waals surface area contributed by atoms with E-state index < -0.39 is 0 Å². The Morgan fingerprint density at radius 1 is 1.14 bits per heavy atom. The molecule has 21 heavy (non-hydrogen) atoms. The van der Waals surface area contributed by atoms with Gasteiger partial charge in [-0.15, -0.1) is 0 Å². The molecule has 1 aromatic heterocycles. The molecular formula is C16H25N3O2. The van der Waals surface area contributed by atoms with Gasteiger partial charge in [0.2, 0.25) is 5.91 Å². The van der Waals surface area contributed by atoms with Crippen LogP contribution >= 0.6 is 0 Å². The van der Waals surface area contributed by atoms with Crippen LogP contribution in [0.3, 0.4) is 0 Å². The number of aromatic nitrogens is 2. The number of imide groups is 1. The number of hydrogen-bond donors (Lipinski definition) is 0. The van der Waals surface area contributed by atoms with Crippen LogP contribution in [0.2, 0.25) is 0 Å². The second kappa shape index (κ2) is 7.96. The van der Waals surface area contributed by atoms with Gasteiger partial charge in [-0.1, -0.05) is 45.4 Å². The zero-order valence-electron chi connectivity index (χ0n) is 12.8. The molecule has 1 atom stereocenters. The van der Waals surface area contributed by atoms with Crippen LogP contribution in [0.4, 0.5) is 0 Å². The summed E-state index contributed by atoms with van der Waals surface area (Å²) >= 11 is 0. The molecule has 0 bridgehead atoms. The molecule has 0 radical (unpaired) electrons. The van der Waals surface area contributed by atoms with Gasteiger partial charge < -0.3 is 4.57 Å². The summed E-state index contributed by atoms with van der Waals surface area (Å²) in [5.41, 5.74) is 0. The Morgan fingerprint density at radius 3 is 2.52 bits per heavy atom. The number of rotatable bonds is 9. The molecule has 1 aliphatic rings. The Labute approximate surface area is 126 Å². The zero-order valence-corrected chi connectivity index (χ0v) is 12.8. The lowest BCUT2D eigenvalue weighted by Gasteiger charge is -2.15. The lowest BCUT2D eigenvalue weighted by molar-refractivity contribution is -0.139. The van der Waals surface area contributed by atoms with E-state index in [-0.39, 0.29) is 24.3 Å². The first-order valence-corrected chi connectivity index (χ1v) is 8.05. The first kappa shape index (κ1) is 15.7. The Bertz CT molecular complexity index is 456. The Hall–Kier alpha value is -1.65. The van der Waals surface area contributed by atoms with Crippen molar-refractivity contribution >= 4 is 11.8 Å².